The van der Waals surface area contributed by atoms with E-state index >= 15 is 0 Å². The molecule has 1 amide bonds. The van der Waals surface area contributed by atoms with Gasteiger partial charge >= 0.3 is 0 Å². The first-order valence-corrected chi connectivity index (χ1v) is 9.58. The number of piperidine rings is 1. The maximum Gasteiger partial charge on any atom is 0.246 e. The summed E-state index contributed by atoms with van der Waals surface area (Å²) in [5.74, 6) is 0.819. The number of rotatable bonds is 8. The van der Waals surface area contributed by atoms with Gasteiger partial charge in [-0.2, -0.15) is 10.1 Å². The van der Waals surface area contributed by atoms with Gasteiger partial charge in [-0.15, -0.1) is 0 Å². The highest BCUT2D eigenvalue weighted by atomic mass is 35.5. The van der Waals surface area contributed by atoms with E-state index in [1.54, 1.807) is 17.1 Å². The average Bonchev–Trinajstić information content (AvgIpc) is 3.15. The Labute approximate surface area is 168 Å². The summed E-state index contributed by atoms with van der Waals surface area (Å²) in [5.41, 5.74) is 0.705. The molecule has 0 spiro atoms. The van der Waals surface area contributed by atoms with Crippen molar-refractivity contribution in [1.82, 2.24) is 24.6 Å². The molecule has 0 radical (unpaired) electrons. The number of likely N-dealkylation sites (tertiary alicyclic amines) is 1. The fraction of sp³-hybridized carbons (Fsp3) is 0.444. The first-order valence-electron chi connectivity index (χ1n) is 9.20. The van der Waals surface area contributed by atoms with Gasteiger partial charge < -0.3 is 20.6 Å². The van der Waals surface area contributed by atoms with Gasteiger partial charge in [0.05, 0.1) is 31.2 Å². The van der Waals surface area contributed by atoms with Crippen LogP contribution < -0.4 is 10.6 Å². The van der Waals surface area contributed by atoms with Crippen molar-refractivity contribution in [3.8, 4) is 0 Å². The van der Waals surface area contributed by atoms with Crippen molar-refractivity contribution in [3.63, 3.8) is 0 Å². The van der Waals surface area contributed by atoms with Crippen molar-refractivity contribution in [2.45, 2.75) is 31.8 Å². The second kappa shape index (κ2) is 9.52. The number of aromatic nitrogens is 4. The SMILES string of the molecule is C=CC(=O)N1CCCCC1CNc1nc(Nc2cnn(CCO)c2)ncc1Cl. The lowest BCUT2D eigenvalue weighted by Gasteiger charge is -2.35. The van der Waals surface area contributed by atoms with Crippen molar-refractivity contribution in [2.75, 3.05) is 30.3 Å². The number of nitrogens with zero attached hydrogens (tertiary/aromatic N) is 5. The Kier molecular flexibility index (Phi) is 6.83. The van der Waals surface area contributed by atoms with Gasteiger partial charge in [-0.1, -0.05) is 18.2 Å². The Balaban J connectivity index is 1.65. The molecule has 1 fully saturated rings. The van der Waals surface area contributed by atoms with Crippen LogP contribution in [0.15, 0.2) is 31.2 Å². The number of nitrogens with one attached hydrogen (secondary N) is 2. The lowest BCUT2D eigenvalue weighted by atomic mass is 10.0. The Morgan fingerprint density at radius 3 is 3.07 bits per heavy atom. The summed E-state index contributed by atoms with van der Waals surface area (Å²) in [6.07, 6.45) is 9.26. The largest absolute Gasteiger partial charge is 0.394 e. The van der Waals surface area contributed by atoms with Crippen LogP contribution in [0, 0.1) is 0 Å². The van der Waals surface area contributed by atoms with Crippen LogP contribution in [0.1, 0.15) is 19.3 Å². The molecule has 3 rings (SSSR count). The summed E-state index contributed by atoms with van der Waals surface area (Å²) < 4.78 is 1.62. The van der Waals surface area contributed by atoms with Crippen LogP contribution in [0.5, 0.6) is 0 Å². The molecule has 3 N–H and O–H groups in total. The number of carbonyl (C=O) groups excluding carboxylic acids is 1. The maximum absolute atomic E-state index is 12.1. The zero-order valence-corrected chi connectivity index (χ0v) is 16.3. The predicted molar refractivity (Wildman–Crippen MR) is 108 cm³/mol. The van der Waals surface area contributed by atoms with Crippen molar-refractivity contribution in [3.05, 3.63) is 36.3 Å². The quantitative estimate of drug-likeness (QED) is 0.576. The molecule has 28 heavy (non-hydrogen) atoms. The number of amides is 1. The van der Waals surface area contributed by atoms with E-state index in [9.17, 15) is 4.79 Å². The number of aliphatic hydroxyl groups excluding tert-OH is 1. The van der Waals surface area contributed by atoms with Crippen LogP contribution in [0.2, 0.25) is 5.02 Å². The molecule has 150 valence electrons. The van der Waals surface area contributed by atoms with E-state index in [0.717, 1.165) is 25.8 Å². The average molecular weight is 406 g/mol. The van der Waals surface area contributed by atoms with Crippen molar-refractivity contribution >= 4 is 35.0 Å². The topological polar surface area (TPSA) is 108 Å². The Morgan fingerprint density at radius 2 is 2.29 bits per heavy atom. The molecule has 9 nitrogen and oxygen atoms in total. The molecule has 1 aliphatic heterocycles. The van der Waals surface area contributed by atoms with Crippen molar-refractivity contribution in [1.29, 1.82) is 0 Å². The molecule has 0 saturated carbocycles. The van der Waals surface area contributed by atoms with Gasteiger partial charge in [0.1, 0.15) is 5.02 Å². The summed E-state index contributed by atoms with van der Waals surface area (Å²) in [6, 6.07) is 0.0680. The maximum atomic E-state index is 12.1. The minimum absolute atomic E-state index is 0.0131. The molecule has 1 aliphatic rings. The molecule has 0 aromatic carbocycles. The number of aliphatic hydroxyl groups is 1. The van der Waals surface area contributed by atoms with Gasteiger partial charge in [0.15, 0.2) is 5.82 Å². The van der Waals surface area contributed by atoms with Gasteiger partial charge in [0, 0.05) is 25.3 Å². The lowest BCUT2D eigenvalue weighted by molar-refractivity contribution is -0.129. The van der Waals surface area contributed by atoms with Gasteiger partial charge in [-0.3, -0.25) is 9.48 Å². The second-order valence-corrected chi connectivity index (χ2v) is 6.90. The molecule has 2 aromatic heterocycles. The zero-order chi connectivity index (χ0) is 19.9. The third-order valence-corrected chi connectivity index (χ3v) is 4.83. The van der Waals surface area contributed by atoms with E-state index in [-0.39, 0.29) is 18.6 Å². The molecular weight excluding hydrogens is 382 g/mol. The molecule has 0 aliphatic carbocycles. The van der Waals surface area contributed by atoms with E-state index in [1.807, 2.05) is 4.90 Å². The summed E-state index contributed by atoms with van der Waals surface area (Å²) >= 11 is 6.23. The minimum atomic E-state index is -0.0532. The monoisotopic (exact) mass is 405 g/mol. The first-order chi connectivity index (χ1) is 13.6. The summed E-state index contributed by atoms with van der Waals surface area (Å²) in [4.78, 5) is 22.5. The van der Waals surface area contributed by atoms with Gasteiger partial charge in [0.2, 0.25) is 11.9 Å². The van der Waals surface area contributed by atoms with Crippen LogP contribution in [0.4, 0.5) is 17.5 Å². The zero-order valence-electron chi connectivity index (χ0n) is 15.5. The van der Waals surface area contributed by atoms with Gasteiger partial charge in [-0.25, -0.2) is 4.98 Å². The Hall–Kier alpha value is -2.65. The highest BCUT2D eigenvalue weighted by Crippen LogP contribution is 2.23. The molecule has 2 aromatic rings. The Morgan fingerprint density at radius 1 is 1.43 bits per heavy atom. The molecule has 0 bridgehead atoms. The van der Waals surface area contributed by atoms with Crippen LogP contribution in [-0.2, 0) is 11.3 Å². The Bertz CT molecular complexity index is 826. The van der Waals surface area contributed by atoms with Gasteiger partial charge in [-0.05, 0) is 25.3 Å². The molecule has 1 atom stereocenters. The number of hydrogen-bond acceptors (Lipinski definition) is 7. The predicted octanol–water partition coefficient (Wildman–Crippen LogP) is 2.04. The number of carbonyl (C=O) groups is 1. The fourth-order valence-electron chi connectivity index (χ4n) is 3.17. The summed E-state index contributed by atoms with van der Waals surface area (Å²) in [7, 11) is 0. The number of anilines is 3. The summed E-state index contributed by atoms with van der Waals surface area (Å²) in [6.45, 7) is 5.29. The van der Waals surface area contributed by atoms with E-state index in [1.165, 1.54) is 12.3 Å². The van der Waals surface area contributed by atoms with E-state index < -0.39 is 0 Å². The smallest absolute Gasteiger partial charge is 0.246 e. The van der Waals surface area contributed by atoms with E-state index in [0.29, 0.717) is 35.6 Å². The van der Waals surface area contributed by atoms with Crippen molar-refractivity contribution < 1.29 is 9.90 Å². The molecule has 3 heterocycles. The summed E-state index contributed by atoms with van der Waals surface area (Å²) in [5, 5.41) is 19.8. The normalized spacial score (nSPS) is 16.6. The number of hydrogen-bond donors (Lipinski definition) is 3. The highest BCUT2D eigenvalue weighted by molar-refractivity contribution is 6.32. The third kappa shape index (κ3) is 4.99. The fourth-order valence-corrected chi connectivity index (χ4v) is 3.33. The molecule has 10 heteroatoms. The van der Waals surface area contributed by atoms with Crippen LogP contribution in [-0.4, -0.2) is 61.4 Å². The van der Waals surface area contributed by atoms with Crippen LogP contribution in [0.25, 0.3) is 0 Å². The van der Waals surface area contributed by atoms with E-state index in [2.05, 4.69) is 32.3 Å². The van der Waals surface area contributed by atoms with Crippen molar-refractivity contribution in [2.24, 2.45) is 0 Å². The third-order valence-electron chi connectivity index (χ3n) is 4.55. The second-order valence-electron chi connectivity index (χ2n) is 6.50. The molecule has 1 saturated heterocycles. The molecular formula is C18H24ClN7O2. The first kappa shape index (κ1) is 20.1. The molecule has 1 unspecified atom stereocenters. The minimum Gasteiger partial charge on any atom is -0.394 e. The number of halogens is 1. The highest BCUT2D eigenvalue weighted by Gasteiger charge is 2.25. The van der Waals surface area contributed by atoms with Crippen LogP contribution >= 0.6 is 11.6 Å². The van der Waals surface area contributed by atoms with E-state index in [4.69, 9.17) is 16.7 Å². The lowest BCUT2D eigenvalue weighted by Crippen LogP contribution is -2.46. The van der Waals surface area contributed by atoms with Gasteiger partial charge in [0.25, 0.3) is 0 Å². The standard InChI is InChI=1S/C18H24ClN7O2/c1-2-16(28)26-6-4-3-5-14(26)10-20-17-15(19)11-21-18(24-17)23-13-9-22-25(12-13)7-8-27/h2,9,11-12,14,27H,1,3-8,10H2,(H2,20,21,23,24). The van der Waals surface area contributed by atoms with Crippen LogP contribution in [0.3, 0.4) is 0 Å².